The molecule has 0 aromatic carbocycles. The summed E-state index contributed by atoms with van der Waals surface area (Å²) < 4.78 is 30.3. The molecule has 0 aliphatic carbocycles. The van der Waals surface area contributed by atoms with Crippen LogP contribution in [0.5, 0.6) is 0 Å². The molecule has 0 aromatic rings. The minimum atomic E-state index is -4.73. The molecule has 0 bridgehead atoms. The van der Waals surface area contributed by atoms with Gasteiger partial charge in [-0.05, 0) is 109 Å². The van der Waals surface area contributed by atoms with Crippen molar-refractivity contribution in [3.05, 3.63) is 122 Å². The summed E-state index contributed by atoms with van der Waals surface area (Å²) in [5.74, 6) is -0.644. The molecule has 0 aromatic heterocycles. The van der Waals surface area contributed by atoms with Crippen LogP contribution in [-0.2, 0) is 27.9 Å². The third-order valence-corrected chi connectivity index (χ3v) is 15.1. The molecule has 470 valence electrons. The smallest absolute Gasteiger partial charge is 0.306 e. The van der Waals surface area contributed by atoms with Crippen LogP contribution in [0.15, 0.2) is 122 Å². The van der Waals surface area contributed by atoms with Gasteiger partial charge in [0.25, 0.3) is 7.82 Å². The molecular weight excluding hydrogens is 1040 g/mol. The number of phosphoric ester groups is 1. The van der Waals surface area contributed by atoms with Gasteiger partial charge in [0, 0.05) is 12.8 Å². The Morgan fingerprint density at radius 1 is 0.439 bits per heavy atom. The van der Waals surface area contributed by atoms with Gasteiger partial charge in [0.2, 0.25) is 5.91 Å². The van der Waals surface area contributed by atoms with E-state index in [4.69, 9.17) is 13.8 Å². The number of hydrogen-bond acceptors (Lipinski definition) is 7. The molecule has 0 saturated carbocycles. The van der Waals surface area contributed by atoms with Gasteiger partial charge in [-0.15, -0.1) is 0 Å². The van der Waals surface area contributed by atoms with E-state index in [1.165, 1.54) is 135 Å². The average molecular weight is 1160 g/mol. The summed E-state index contributed by atoms with van der Waals surface area (Å²) in [6.45, 7) is 6.65. The van der Waals surface area contributed by atoms with Gasteiger partial charge in [-0.1, -0.05) is 271 Å². The monoisotopic (exact) mass is 1160 g/mol. The number of hydrogen-bond donors (Lipinski definition) is 1. The first-order valence-corrected chi connectivity index (χ1v) is 34.8. The summed E-state index contributed by atoms with van der Waals surface area (Å²) in [7, 11) is 1.13. The van der Waals surface area contributed by atoms with E-state index in [0.717, 1.165) is 96.3 Å². The van der Waals surface area contributed by atoms with Crippen LogP contribution in [0.4, 0.5) is 0 Å². The van der Waals surface area contributed by atoms with Crippen molar-refractivity contribution in [1.29, 1.82) is 0 Å². The number of likely N-dealkylation sites (N-methyl/N-ethyl adjacent to an activating group) is 1. The summed E-state index contributed by atoms with van der Waals surface area (Å²) in [5, 5.41) is 3.01. The number of nitrogens with zero attached hydrogens (tertiary/aromatic N) is 1. The number of unbranched alkanes of at least 4 members (excludes halogenated alkanes) is 25. The van der Waals surface area contributed by atoms with Gasteiger partial charge < -0.3 is 28.5 Å². The van der Waals surface area contributed by atoms with E-state index in [1.54, 1.807) is 6.08 Å². The number of phosphoric acid groups is 1. The minimum Gasteiger partial charge on any atom is -0.756 e. The summed E-state index contributed by atoms with van der Waals surface area (Å²) in [6.07, 6.45) is 84.7. The van der Waals surface area contributed by atoms with Gasteiger partial charge in [-0.2, -0.15) is 0 Å². The topological polar surface area (TPSA) is 114 Å². The summed E-state index contributed by atoms with van der Waals surface area (Å²) in [6, 6.07) is -0.928. The number of amides is 1. The standard InChI is InChI=1S/C72H125N2O7P/c1-7-10-13-16-19-22-25-28-30-32-34-35-36-37-38-39-41-42-44-46-49-52-55-58-61-64-71(75)73-69(68-80-82(77,78)79-67-66-74(4,5)6)70(63-60-57-54-51-48-27-24-21-18-15-12-9-3)81-72(76)65-62-59-56-53-50-47-45-43-40-33-31-29-26-23-20-17-14-11-8-2/h11,14,19-20,22-23,28-31,34-35,40,43,47,50,56,59-60,63,69-70H,7-10,12-13,15-18,21,24-27,32-33,36-39,41-42,44-46,48-49,51-55,57-58,61-62,64-68H2,1-6H3,(H-,73,75,77,78)/b14-11-,22-19-,23-20-,30-28-,31-29-,35-34-,43-40-,50-47-,59-56-,63-60-. The number of quaternary nitrogens is 1. The fraction of sp³-hybridized carbons (Fsp3) is 0.694. The maximum atomic E-state index is 13.6. The third-order valence-electron chi connectivity index (χ3n) is 14.1. The molecule has 1 amide bonds. The Balaban J connectivity index is 5.23. The molecule has 82 heavy (non-hydrogen) atoms. The van der Waals surface area contributed by atoms with Crippen molar-refractivity contribution >= 4 is 19.7 Å². The fourth-order valence-electron chi connectivity index (χ4n) is 9.03. The Hall–Kier alpha value is -3.59. The van der Waals surface area contributed by atoms with Crippen LogP contribution in [0.1, 0.15) is 271 Å². The molecule has 1 N–H and O–H groups in total. The van der Waals surface area contributed by atoms with Gasteiger partial charge in [0.15, 0.2) is 0 Å². The second-order valence-corrected chi connectivity index (χ2v) is 24.6. The maximum Gasteiger partial charge on any atom is 0.306 e. The fourth-order valence-corrected chi connectivity index (χ4v) is 9.75. The molecule has 10 heteroatoms. The molecule has 9 nitrogen and oxygen atoms in total. The van der Waals surface area contributed by atoms with E-state index in [-0.39, 0.29) is 18.9 Å². The molecule has 0 rings (SSSR count). The SMILES string of the molecule is CC/C=C\C/C=C\C/C=C\C/C=C\C/C=C\C/C=C\CCC(=O)OC(/C=C\CCCCCCCCCCCC)C(COP(=O)([O-])OCC[N+](C)(C)C)NC(=O)CCCCCCCCCCCCCC/C=C\C/C=C\C/C=C\CCCCC. The lowest BCUT2D eigenvalue weighted by molar-refractivity contribution is -0.870. The number of ether oxygens (including phenoxy) is 1. The van der Waals surface area contributed by atoms with Gasteiger partial charge >= 0.3 is 5.97 Å². The minimum absolute atomic E-state index is 0.0394. The highest BCUT2D eigenvalue weighted by Crippen LogP contribution is 2.38. The predicted molar refractivity (Wildman–Crippen MR) is 353 cm³/mol. The van der Waals surface area contributed by atoms with Crippen LogP contribution < -0.4 is 10.2 Å². The number of carbonyl (C=O) groups is 2. The highest BCUT2D eigenvalue weighted by Gasteiger charge is 2.27. The van der Waals surface area contributed by atoms with E-state index in [2.05, 4.69) is 123 Å². The molecule has 0 radical (unpaired) electrons. The summed E-state index contributed by atoms with van der Waals surface area (Å²) >= 11 is 0. The molecule has 0 saturated heterocycles. The van der Waals surface area contributed by atoms with E-state index >= 15 is 0 Å². The molecular formula is C72H125N2O7P. The summed E-state index contributed by atoms with van der Waals surface area (Å²) in [5.41, 5.74) is 0. The van der Waals surface area contributed by atoms with Crippen LogP contribution in [-0.4, -0.2) is 69.4 Å². The van der Waals surface area contributed by atoms with Crippen molar-refractivity contribution in [3.8, 4) is 0 Å². The number of carbonyl (C=O) groups excluding carboxylic acids is 2. The quantitative estimate of drug-likeness (QED) is 0.0212. The largest absolute Gasteiger partial charge is 0.756 e. The molecule has 3 atom stereocenters. The molecule has 3 unspecified atom stereocenters. The van der Waals surface area contributed by atoms with Crippen LogP contribution in [0.3, 0.4) is 0 Å². The van der Waals surface area contributed by atoms with Crippen molar-refractivity contribution < 1.29 is 37.3 Å². The van der Waals surface area contributed by atoms with Gasteiger partial charge in [0.1, 0.15) is 19.3 Å². The molecule has 0 fully saturated rings. The molecule has 0 heterocycles. The van der Waals surface area contributed by atoms with Crippen LogP contribution in [0, 0.1) is 0 Å². The van der Waals surface area contributed by atoms with Crippen molar-refractivity contribution in [3.63, 3.8) is 0 Å². The first kappa shape index (κ1) is 78.4. The molecule has 0 spiro atoms. The Bertz CT molecular complexity index is 1820. The maximum absolute atomic E-state index is 13.6. The van der Waals surface area contributed by atoms with Gasteiger partial charge in [-0.25, -0.2) is 0 Å². The first-order valence-electron chi connectivity index (χ1n) is 33.3. The lowest BCUT2D eigenvalue weighted by Gasteiger charge is -2.30. The molecule has 0 aliphatic rings. The molecule has 0 aliphatic heterocycles. The lowest BCUT2D eigenvalue weighted by Crippen LogP contribution is -2.47. The normalized spacial score (nSPS) is 14.4. The Morgan fingerprint density at radius 2 is 0.793 bits per heavy atom. The zero-order valence-electron chi connectivity index (χ0n) is 53.7. The zero-order valence-corrected chi connectivity index (χ0v) is 54.5. The highest BCUT2D eigenvalue weighted by atomic mass is 31.2. The van der Waals surface area contributed by atoms with Gasteiger partial charge in [-0.3, -0.25) is 14.2 Å². The highest BCUT2D eigenvalue weighted by molar-refractivity contribution is 7.45. The van der Waals surface area contributed by atoms with E-state index < -0.39 is 32.5 Å². The number of rotatable bonds is 59. The van der Waals surface area contributed by atoms with Crippen molar-refractivity contribution in [2.45, 2.75) is 283 Å². The summed E-state index contributed by atoms with van der Waals surface area (Å²) in [4.78, 5) is 40.1. The van der Waals surface area contributed by atoms with E-state index in [1.807, 2.05) is 39.4 Å². The average Bonchev–Trinajstić information content (AvgIpc) is 3.44. The number of allylic oxidation sites excluding steroid dienone is 19. The van der Waals surface area contributed by atoms with E-state index in [0.29, 0.717) is 23.9 Å². The lowest BCUT2D eigenvalue weighted by atomic mass is 10.0. The Labute approximate surface area is 505 Å². The second kappa shape index (κ2) is 60.5. The Morgan fingerprint density at radius 3 is 1.22 bits per heavy atom. The van der Waals surface area contributed by atoms with Crippen molar-refractivity contribution in [2.24, 2.45) is 0 Å². The second-order valence-electron chi connectivity index (χ2n) is 23.2. The third kappa shape index (κ3) is 61.0. The van der Waals surface area contributed by atoms with Crippen LogP contribution >= 0.6 is 7.82 Å². The first-order chi connectivity index (χ1) is 39.9. The van der Waals surface area contributed by atoms with E-state index in [9.17, 15) is 19.0 Å². The van der Waals surface area contributed by atoms with Gasteiger partial charge in [0.05, 0.1) is 33.8 Å². The zero-order chi connectivity index (χ0) is 60.0. The predicted octanol–water partition coefficient (Wildman–Crippen LogP) is 20.4. The van der Waals surface area contributed by atoms with Crippen LogP contribution in [0.25, 0.3) is 0 Å². The Kier molecular flexibility index (Phi) is 57.9. The van der Waals surface area contributed by atoms with Crippen LogP contribution in [0.2, 0.25) is 0 Å². The number of nitrogens with one attached hydrogen (secondary N) is 1. The number of esters is 1. The van der Waals surface area contributed by atoms with Crippen molar-refractivity contribution in [2.75, 3.05) is 40.9 Å². The van der Waals surface area contributed by atoms with Crippen molar-refractivity contribution in [1.82, 2.24) is 5.32 Å².